The van der Waals surface area contributed by atoms with Crippen LogP contribution < -0.4 is 16.0 Å². The van der Waals surface area contributed by atoms with Crippen molar-refractivity contribution in [2.45, 2.75) is 18.2 Å². The van der Waals surface area contributed by atoms with E-state index in [2.05, 4.69) is 20.9 Å². The molecule has 1 fully saturated rings. The van der Waals surface area contributed by atoms with E-state index in [0.717, 1.165) is 0 Å². The van der Waals surface area contributed by atoms with E-state index >= 15 is 0 Å². The third-order valence-corrected chi connectivity index (χ3v) is 7.12. The molecule has 2 heterocycles. The highest BCUT2D eigenvalue weighted by molar-refractivity contribution is 8.15. The molecule has 0 bridgehead atoms. The summed E-state index contributed by atoms with van der Waals surface area (Å²) >= 11 is 1.43. The molecule has 2 aliphatic heterocycles. The summed E-state index contributed by atoms with van der Waals surface area (Å²) in [6, 6.07) is 6.80. The highest BCUT2D eigenvalue weighted by Gasteiger charge is 2.42. The number of thioether (sulfide) groups is 1. The van der Waals surface area contributed by atoms with Gasteiger partial charge in [-0.25, -0.2) is 8.42 Å². The van der Waals surface area contributed by atoms with Crippen molar-refractivity contribution in [3.05, 3.63) is 29.8 Å². The van der Waals surface area contributed by atoms with Crippen LogP contribution in [0.15, 0.2) is 29.3 Å². The van der Waals surface area contributed by atoms with Crippen molar-refractivity contribution in [1.82, 2.24) is 10.6 Å². The highest BCUT2D eigenvalue weighted by Crippen LogP contribution is 2.34. The van der Waals surface area contributed by atoms with E-state index in [9.17, 15) is 18.0 Å². The zero-order valence-corrected chi connectivity index (χ0v) is 15.8. The van der Waals surface area contributed by atoms with Gasteiger partial charge in [-0.1, -0.05) is 17.8 Å². The SMILES string of the molecule is CC(=O)NCCNC(=O)c1cccc(NC2=N[C@H]3CS(=O)(=O)C[C@@H]3S2)c1. The summed E-state index contributed by atoms with van der Waals surface area (Å²) in [4.78, 5) is 27.4. The average Bonchev–Trinajstić information content (AvgIpc) is 3.04. The molecule has 0 radical (unpaired) electrons. The third-order valence-electron chi connectivity index (χ3n) is 3.98. The van der Waals surface area contributed by atoms with Crippen LogP contribution in [0, 0.1) is 0 Å². The minimum atomic E-state index is -2.97. The van der Waals surface area contributed by atoms with Gasteiger partial charge in [-0.15, -0.1) is 0 Å². The van der Waals surface area contributed by atoms with Gasteiger partial charge in [0, 0.05) is 36.5 Å². The molecule has 10 heteroatoms. The van der Waals surface area contributed by atoms with E-state index in [1.807, 2.05) is 6.07 Å². The predicted molar refractivity (Wildman–Crippen MR) is 102 cm³/mol. The van der Waals surface area contributed by atoms with Crippen LogP contribution in [-0.2, 0) is 14.6 Å². The fourth-order valence-corrected chi connectivity index (χ4v) is 6.47. The molecule has 1 aromatic rings. The molecule has 3 N–H and O–H groups in total. The number of benzene rings is 1. The van der Waals surface area contributed by atoms with Gasteiger partial charge in [-0.3, -0.25) is 14.6 Å². The van der Waals surface area contributed by atoms with Gasteiger partial charge in [0.05, 0.1) is 17.5 Å². The van der Waals surface area contributed by atoms with Crippen LogP contribution in [0.2, 0.25) is 0 Å². The van der Waals surface area contributed by atoms with Gasteiger partial charge < -0.3 is 16.0 Å². The van der Waals surface area contributed by atoms with E-state index in [4.69, 9.17) is 0 Å². The van der Waals surface area contributed by atoms with Crippen LogP contribution in [0.25, 0.3) is 0 Å². The Balaban J connectivity index is 1.56. The second kappa shape index (κ2) is 7.67. The van der Waals surface area contributed by atoms with Crippen molar-refractivity contribution in [3.8, 4) is 0 Å². The number of sulfone groups is 1. The summed E-state index contributed by atoms with van der Waals surface area (Å²) < 4.78 is 23.2. The largest absolute Gasteiger partial charge is 0.355 e. The zero-order chi connectivity index (χ0) is 18.7. The number of carbonyl (C=O) groups excluding carboxylic acids is 2. The van der Waals surface area contributed by atoms with Crippen LogP contribution in [0.1, 0.15) is 17.3 Å². The van der Waals surface area contributed by atoms with Gasteiger partial charge >= 0.3 is 0 Å². The van der Waals surface area contributed by atoms with Crippen LogP contribution >= 0.6 is 11.8 Å². The molecule has 26 heavy (non-hydrogen) atoms. The Morgan fingerprint density at radius 2 is 2.00 bits per heavy atom. The first kappa shape index (κ1) is 18.7. The topological polar surface area (TPSA) is 117 Å². The number of amides is 2. The number of anilines is 1. The molecular formula is C16H20N4O4S2. The number of rotatable bonds is 5. The minimum Gasteiger partial charge on any atom is -0.355 e. The van der Waals surface area contributed by atoms with Crippen LogP contribution in [0.3, 0.4) is 0 Å². The quantitative estimate of drug-likeness (QED) is 0.614. The van der Waals surface area contributed by atoms with Crippen molar-refractivity contribution in [2.24, 2.45) is 4.99 Å². The summed E-state index contributed by atoms with van der Waals surface area (Å²) in [5.41, 5.74) is 1.21. The van der Waals surface area contributed by atoms with Crippen LogP contribution in [-0.4, -0.2) is 61.3 Å². The number of hydrogen-bond acceptors (Lipinski definition) is 7. The Bertz CT molecular complexity index is 854. The van der Waals surface area contributed by atoms with Crippen molar-refractivity contribution in [1.29, 1.82) is 0 Å². The summed E-state index contributed by atoms with van der Waals surface area (Å²) in [6.45, 7) is 2.14. The summed E-state index contributed by atoms with van der Waals surface area (Å²) in [5.74, 6) is -0.110. The summed E-state index contributed by atoms with van der Waals surface area (Å²) in [5, 5.41) is 9.15. The number of aliphatic imine (C=N–C) groups is 1. The first-order valence-electron chi connectivity index (χ1n) is 8.17. The highest BCUT2D eigenvalue weighted by atomic mass is 32.2. The monoisotopic (exact) mass is 396 g/mol. The van der Waals surface area contributed by atoms with Gasteiger partial charge in [0.15, 0.2) is 15.0 Å². The Hall–Kier alpha value is -2.07. The maximum atomic E-state index is 12.2. The maximum Gasteiger partial charge on any atom is 0.251 e. The molecule has 2 amide bonds. The lowest BCUT2D eigenvalue weighted by molar-refractivity contribution is -0.118. The normalized spacial score (nSPS) is 23.0. The van der Waals surface area contributed by atoms with E-state index in [1.165, 1.54) is 18.7 Å². The van der Waals surface area contributed by atoms with Crippen molar-refractivity contribution in [3.63, 3.8) is 0 Å². The molecule has 1 saturated heterocycles. The lowest BCUT2D eigenvalue weighted by atomic mass is 10.2. The lowest BCUT2D eigenvalue weighted by Gasteiger charge is -2.09. The van der Waals surface area contributed by atoms with Crippen molar-refractivity contribution >= 4 is 44.3 Å². The molecule has 2 aliphatic rings. The fourth-order valence-electron chi connectivity index (χ4n) is 2.79. The van der Waals surface area contributed by atoms with Gasteiger partial charge in [0.25, 0.3) is 5.91 Å². The molecule has 3 rings (SSSR count). The molecule has 1 aromatic carbocycles. The molecule has 0 aliphatic carbocycles. The first-order chi connectivity index (χ1) is 12.3. The lowest BCUT2D eigenvalue weighted by Crippen LogP contribution is -2.33. The summed E-state index contributed by atoms with van der Waals surface area (Å²) in [7, 11) is -2.97. The molecule has 0 spiro atoms. The third kappa shape index (κ3) is 4.76. The zero-order valence-electron chi connectivity index (χ0n) is 14.2. The fraction of sp³-hybridized carbons (Fsp3) is 0.438. The number of fused-ring (bicyclic) bond motifs is 1. The molecule has 0 unspecified atom stereocenters. The molecule has 8 nitrogen and oxygen atoms in total. The number of carbonyl (C=O) groups is 2. The van der Waals surface area contributed by atoms with Crippen molar-refractivity contribution < 1.29 is 18.0 Å². The Morgan fingerprint density at radius 1 is 1.23 bits per heavy atom. The average molecular weight is 396 g/mol. The molecular weight excluding hydrogens is 376 g/mol. The number of nitrogens with zero attached hydrogens (tertiary/aromatic N) is 1. The summed E-state index contributed by atoms with van der Waals surface area (Å²) in [6.07, 6.45) is 0. The molecule has 0 saturated carbocycles. The molecule has 0 aromatic heterocycles. The Morgan fingerprint density at radius 3 is 2.73 bits per heavy atom. The van der Waals surface area contributed by atoms with Gasteiger partial charge in [-0.2, -0.15) is 0 Å². The predicted octanol–water partition coefficient (Wildman–Crippen LogP) is 0.233. The van der Waals surface area contributed by atoms with E-state index in [-0.39, 0.29) is 34.6 Å². The maximum absolute atomic E-state index is 12.2. The smallest absolute Gasteiger partial charge is 0.251 e. The van der Waals surface area contributed by atoms with E-state index in [0.29, 0.717) is 29.5 Å². The second-order valence-corrected chi connectivity index (χ2v) is 9.56. The van der Waals surface area contributed by atoms with Crippen LogP contribution in [0.5, 0.6) is 0 Å². The second-order valence-electron chi connectivity index (χ2n) is 6.18. The number of nitrogens with one attached hydrogen (secondary N) is 3. The number of amidine groups is 1. The van der Waals surface area contributed by atoms with Gasteiger partial charge in [0.2, 0.25) is 5.91 Å². The Kier molecular flexibility index (Phi) is 5.52. The molecule has 140 valence electrons. The van der Waals surface area contributed by atoms with E-state index in [1.54, 1.807) is 18.2 Å². The Labute approximate surface area is 156 Å². The van der Waals surface area contributed by atoms with Crippen molar-refractivity contribution in [2.75, 3.05) is 29.9 Å². The number of hydrogen-bond donors (Lipinski definition) is 3. The minimum absolute atomic E-state index is 0.0252. The van der Waals surface area contributed by atoms with Gasteiger partial charge in [0.1, 0.15) is 0 Å². The van der Waals surface area contributed by atoms with Crippen LogP contribution in [0.4, 0.5) is 5.69 Å². The first-order valence-corrected chi connectivity index (χ1v) is 10.9. The van der Waals surface area contributed by atoms with Gasteiger partial charge in [-0.05, 0) is 18.2 Å². The molecule has 2 atom stereocenters. The standard InChI is InChI=1S/C16H20N4O4S2/c1-10(21)17-5-6-18-15(22)11-3-2-4-12(7-11)19-16-20-13-8-26(23,24)9-14(13)25-16/h2-4,7,13-14H,5-6,8-9H2,1H3,(H,17,21)(H,18,22)(H,19,20)/t13-,14-/m0/s1. The van der Waals surface area contributed by atoms with E-state index < -0.39 is 9.84 Å².